The minimum absolute atomic E-state index is 0.0365. The molecular formula is C9H16N2O3S. The Hall–Kier alpha value is -0.780. The van der Waals surface area contributed by atoms with Crippen molar-refractivity contribution in [1.29, 1.82) is 0 Å². The average Bonchev–Trinajstić information content (AvgIpc) is 2.19. The van der Waals surface area contributed by atoms with Crippen LogP contribution in [0.3, 0.4) is 0 Å². The second kappa shape index (κ2) is 4.00. The van der Waals surface area contributed by atoms with Crippen LogP contribution in [0, 0.1) is 0 Å². The molecule has 2 aliphatic heterocycles. The summed E-state index contributed by atoms with van der Waals surface area (Å²) in [7, 11) is -2.83. The molecule has 0 atom stereocenters. The summed E-state index contributed by atoms with van der Waals surface area (Å²) in [6.45, 7) is 1.50. The molecule has 0 aromatic rings. The summed E-state index contributed by atoms with van der Waals surface area (Å²) >= 11 is 0. The van der Waals surface area contributed by atoms with Gasteiger partial charge in [-0.2, -0.15) is 0 Å². The molecule has 15 heavy (non-hydrogen) atoms. The maximum Gasteiger partial charge on any atom is 0.317 e. The zero-order valence-electron chi connectivity index (χ0n) is 8.61. The van der Waals surface area contributed by atoms with E-state index in [2.05, 4.69) is 5.32 Å². The first-order valence-corrected chi connectivity index (χ1v) is 7.15. The molecule has 2 saturated heterocycles. The molecule has 2 amide bonds. The molecule has 2 fully saturated rings. The van der Waals surface area contributed by atoms with Crippen LogP contribution < -0.4 is 5.32 Å². The third-order valence-electron chi connectivity index (χ3n) is 3.08. The molecule has 6 heteroatoms. The monoisotopic (exact) mass is 232 g/mol. The number of hydrogen-bond donors (Lipinski definition) is 1. The summed E-state index contributed by atoms with van der Waals surface area (Å²) in [4.78, 5) is 13.3. The van der Waals surface area contributed by atoms with Crippen molar-refractivity contribution < 1.29 is 13.2 Å². The lowest BCUT2D eigenvalue weighted by atomic mass is 10.1. The molecule has 0 aromatic carbocycles. The Bertz CT molecular complexity index is 338. The fourth-order valence-electron chi connectivity index (χ4n) is 2.19. The molecule has 2 rings (SSSR count). The van der Waals surface area contributed by atoms with Gasteiger partial charge in [0.2, 0.25) is 0 Å². The van der Waals surface area contributed by atoms with Crippen molar-refractivity contribution >= 4 is 15.9 Å². The third kappa shape index (κ3) is 2.42. The predicted molar refractivity (Wildman–Crippen MR) is 56.4 cm³/mol. The molecule has 0 unspecified atom stereocenters. The number of nitrogens with zero attached hydrogens (tertiary/aromatic N) is 1. The van der Waals surface area contributed by atoms with Gasteiger partial charge in [0.15, 0.2) is 0 Å². The van der Waals surface area contributed by atoms with Crippen molar-refractivity contribution in [3.63, 3.8) is 0 Å². The lowest BCUT2D eigenvalue weighted by Crippen LogP contribution is -2.53. The van der Waals surface area contributed by atoms with Crippen LogP contribution in [0.15, 0.2) is 0 Å². The van der Waals surface area contributed by atoms with E-state index in [1.165, 1.54) is 0 Å². The average molecular weight is 232 g/mol. The highest BCUT2D eigenvalue weighted by molar-refractivity contribution is 7.91. The number of carbonyl (C=O) groups is 1. The number of sulfone groups is 1. The Balaban J connectivity index is 1.97. The Morgan fingerprint density at radius 1 is 1.27 bits per heavy atom. The summed E-state index contributed by atoms with van der Waals surface area (Å²) in [5, 5.41) is 2.79. The minimum atomic E-state index is -2.83. The molecule has 5 nitrogen and oxygen atoms in total. The van der Waals surface area contributed by atoms with Gasteiger partial charge in [0.05, 0.1) is 11.5 Å². The van der Waals surface area contributed by atoms with E-state index in [4.69, 9.17) is 0 Å². The van der Waals surface area contributed by atoms with Crippen LogP contribution in [-0.2, 0) is 9.84 Å². The van der Waals surface area contributed by atoms with E-state index in [-0.39, 0.29) is 23.6 Å². The van der Waals surface area contributed by atoms with E-state index in [1.54, 1.807) is 4.90 Å². The fourth-order valence-corrected chi connectivity index (χ4v) is 3.65. The number of hydrogen-bond acceptors (Lipinski definition) is 3. The van der Waals surface area contributed by atoms with Crippen LogP contribution >= 0.6 is 0 Å². The van der Waals surface area contributed by atoms with Gasteiger partial charge in [0.25, 0.3) is 0 Å². The molecule has 2 aliphatic rings. The summed E-state index contributed by atoms with van der Waals surface area (Å²) < 4.78 is 22.5. The lowest BCUT2D eigenvalue weighted by Gasteiger charge is -2.36. The SMILES string of the molecule is O=C1NCCCN1C1CCS(=O)(=O)CC1. The van der Waals surface area contributed by atoms with E-state index >= 15 is 0 Å². The quantitative estimate of drug-likeness (QED) is 0.691. The first-order chi connectivity index (χ1) is 7.08. The summed E-state index contributed by atoms with van der Waals surface area (Å²) in [5.41, 5.74) is 0. The van der Waals surface area contributed by atoms with Crippen LogP contribution in [0.5, 0.6) is 0 Å². The lowest BCUT2D eigenvalue weighted by molar-refractivity contribution is 0.156. The van der Waals surface area contributed by atoms with Gasteiger partial charge < -0.3 is 10.2 Å². The maximum atomic E-state index is 11.5. The standard InChI is InChI=1S/C9H16N2O3S/c12-9-10-4-1-5-11(9)8-2-6-15(13,14)7-3-8/h8H,1-7H2,(H,10,12). The first kappa shape index (κ1) is 10.7. The molecular weight excluding hydrogens is 216 g/mol. The highest BCUT2D eigenvalue weighted by atomic mass is 32.2. The van der Waals surface area contributed by atoms with Crippen molar-refractivity contribution in [2.75, 3.05) is 24.6 Å². The van der Waals surface area contributed by atoms with Crippen LogP contribution in [0.4, 0.5) is 4.79 Å². The van der Waals surface area contributed by atoms with E-state index in [9.17, 15) is 13.2 Å². The van der Waals surface area contributed by atoms with E-state index in [1.807, 2.05) is 0 Å². The molecule has 0 aromatic heterocycles. The first-order valence-electron chi connectivity index (χ1n) is 5.33. The van der Waals surface area contributed by atoms with Crippen molar-refractivity contribution in [2.45, 2.75) is 25.3 Å². The highest BCUT2D eigenvalue weighted by Gasteiger charge is 2.31. The van der Waals surface area contributed by atoms with E-state index in [0.717, 1.165) is 19.5 Å². The van der Waals surface area contributed by atoms with Crippen LogP contribution in [0.25, 0.3) is 0 Å². The van der Waals surface area contributed by atoms with Crippen LogP contribution in [-0.4, -0.2) is 50.0 Å². The smallest absolute Gasteiger partial charge is 0.317 e. The summed E-state index contributed by atoms with van der Waals surface area (Å²) in [6, 6.07) is 0.0828. The van der Waals surface area contributed by atoms with Crippen LogP contribution in [0.1, 0.15) is 19.3 Å². The number of rotatable bonds is 1. The minimum Gasteiger partial charge on any atom is -0.338 e. The summed E-state index contributed by atoms with van der Waals surface area (Å²) in [5.74, 6) is 0.447. The van der Waals surface area contributed by atoms with Gasteiger partial charge in [-0.1, -0.05) is 0 Å². The zero-order chi connectivity index (χ0) is 10.9. The third-order valence-corrected chi connectivity index (χ3v) is 4.79. The number of carbonyl (C=O) groups excluding carboxylic acids is 1. The molecule has 0 bridgehead atoms. The largest absolute Gasteiger partial charge is 0.338 e. The molecule has 1 N–H and O–H groups in total. The topological polar surface area (TPSA) is 66.5 Å². The molecule has 0 saturated carbocycles. The van der Waals surface area contributed by atoms with Gasteiger partial charge in [-0.25, -0.2) is 13.2 Å². The molecule has 0 radical (unpaired) electrons. The molecule has 86 valence electrons. The normalized spacial score (nSPS) is 27.5. The Labute approximate surface area is 89.7 Å². The van der Waals surface area contributed by atoms with Gasteiger partial charge in [-0.05, 0) is 19.3 Å². The Morgan fingerprint density at radius 2 is 1.93 bits per heavy atom. The van der Waals surface area contributed by atoms with Crippen molar-refractivity contribution in [3.8, 4) is 0 Å². The summed E-state index contributed by atoms with van der Waals surface area (Å²) in [6.07, 6.45) is 2.14. The molecule has 0 aliphatic carbocycles. The number of urea groups is 1. The zero-order valence-corrected chi connectivity index (χ0v) is 9.42. The van der Waals surface area contributed by atoms with Gasteiger partial charge in [0, 0.05) is 19.1 Å². The fraction of sp³-hybridized carbons (Fsp3) is 0.889. The van der Waals surface area contributed by atoms with E-state index in [0.29, 0.717) is 12.8 Å². The van der Waals surface area contributed by atoms with Gasteiger partial charge >= 0.3 is 6.03 Å². The van der Waals surface area contributed by atoms with Gasteiger partial charge in [0.1, 0.15) is 9.84 Å². The van der Waals surface area contributed by atoms with Crippen molar-refractivity contribution in [2.24, 2.45) is 0 Å². The molecule has 2 heterocycles. The van der Waals surface area contributed by atoms with Crippen molar-refractivity contribution in [3.05, 3.63) is 0 Å². The highest BCUT2D eigenvalue weighted by Crippen LogP contribution is 2.19. The van der Waals surface area contributed by atoms with Crippen LogP contribution in [0.2, 0.25) is 0 Å². The van der Waals surface area contributed by atoms with Gasteiger partial charge in [-0.15, -0.1) is 0 Å². The van der Waals surface area contributed by atoms with Crippen molar-refractivity contribution in [1.82, 2.24) is 10.2 Å². The Kier molecular flexibility index (Phi) is 2.86. The maximum absolute atomic E-state index is 11.5. The number of nitrogens with one attached hydrogen (secondary N) is 1. The Morgan fingerprint density at radius 3 is 2.53 bits per heavy atom. The second-order valence-electron chi connectivity index (χ2n) is 4.16. The van der Waals surface area contributed by atoms with Gasteiger partial charge in [-0.3, -0.25) is 0 Å². The molecule has 0 spiro atoms. The number of amides is 2. The predicted octanol–water partition coefficient (Wildman–Crippen LogP) is -0.0211. The second-order valence-corrected chi connectivity index (χ2v) is 6.47. The van der Waals surface area contributed by atoms with E-state index < -0.39 is 9.84 Å².